The van der Waals surface area contributed by atoms with Crippen LogP contribution in [-0.4, -0.2) is 8.80 Å². The van der Waals surface area contributed by atoms with Gasteiger partial charge in [0, 0.05) is 8.80 Å². The van der Waals surface area contributed by atoms with Gasteiger partial charge in [-0.1, -0.05) is 31.9 Å². The van der Waals surface area contributed by atoms with Crippen LogP contribution >= 0.6 is 0 Å². The lowest BCUT2D eigenvalue weighted by atomic mass is 10.1. The van der Waals surface area contributed by atoms with Crippen molar-refractivity contribution in [3.63, 3.8) is 0 Å². The van der Waals surface area contributed by atoms with Gasteiger partial charge in [0.15, 0.2) is 0 Å². The second-order valence-corrected chi connectivity index (χ2v) is 7.02. The molecule has 0 aromatic rings. The SMILES string of the molecule is C[Si@H]1CC2CCC1C2. The van der Waals surface area contributed by atoms with Gasteiger partial charge in [-0.3, -0.25) is 0 Å². The predicted molar refractivity (Wildman–Crippen MR) is 38.9 cm³/mol. The average molecular weight is 126 g/mol. The van der Waals surface area contributed by atoms with E-state index in [-0.39, 0.29) is 8.80 Å². The minimum atomic E-state index is -0.115. The summed E-state index contributed by atoms with van der Waals surface area (Å²) in [6.45, 7) is 2.56. The van der Waals surface area contributed by atoms with Crippen molar-refractivity contribution < 1.29 is 0 Å². The first-order chi connectivity index (χ1) is 3.86. The molecular weight excluding hydrogens is 112 g/mol. The molecule has 1 aliphatic heterocycles. The number of hydrogen-bond donors (Lipinski definition) is 0. The zero-order chi connectivity index (χ0) is 5.56. The first kappa shape index (κ1) is 5.04. The molecule has 2 fully saturated rings. The van der Waals surface area contributed by atoms with Gasteiger partial charge in [0.05, 0.1) is 0 Å². The lowest BCUT2D eigenvalue weighted by Crippen LogP contribution is -2.11. The summed E-state index contributed by atoms with van der Waals surface area (Å²) in [7, 11) is -0.115. The second kappa shape index (κ2) is 1.60. The van der Waals surface area contributed by atoms with Crippen LogP contribution in [0.3, 0.4) is 0 Å². The van der Waals surface area contributed by atoms with Gasteiger partial charge >= 0.3 is 0 Å². The van der Waals surface area contributed by atoms with Gasteiger partial charge in [0.25, 0.3) is 0 Å². The van der Waals surface area contributed by atoms with Gasteiger partial charge in [-0.05, 0) is 11.5 Å². The highest BCUT2D eigenvalue weighted by molar-refractivity contribution is 6.60. The van der Waals surface area contributed by atoms with E-state index in [1.807, 2.05) is 0 Å². The molecule has 46 valence electrons. The fraction of sp³-hybridized carbons (Fsp3) is 1.00. The third kappa shape index (κ3) is 0.571. The third-order valence-electron chi connectivity index (χ3n) is 3.09. The van der Waals surface area contributed by atoms with Crippen LogP contribution in [0.15, 0.2) is 0 Å². The number of hydrogen-bond acceptors (Lipinski definition) is 0. The molecule has 0 amide bonds. The Morgan fingerprint density at radius 2 is 2.25 bits per heavy atom. The van der Waals surface area contributed by atoms with Crippen molar-refractivity contribution in [2.75, 3.05) is 0 Å². The molecule has 8 heavy (non-hydrogen) atoms. The van der Waals surface area contributed by atoms with Crippen LogP contribution in [0.5, 0.6) is 0 Å². The standard InChI is InChI=1S/C7H14Si/c1-8-5-6-2-3-7(8)4-6/h6-8H,2-5H2,1H3/t6?,7?,8-/m0/s1. The molecule has 0 spiro atoms. The molecule has 2 bridgehead atoms. The van der Waals surface area contributed by atoms with E-state index >= 15 is 0 Å². The zero-order valence-electron chi connectivity index (χ0n) is 5.56. The molecule has 2 rings (SSSR count). The normalized spacial score (nSPS) is 52.9. The van der Waals surface area contributed by atoms with Crippen LogP contribution in [0.4, 0.5) is 0 Å². The quantitative estimate of drug-likeness (QED) is 0.436. The zero-order valence-corrected chi connectivity index (χ0v) is 6.72. The van der Waals surface area contributed by atoms with E-state index < -0.39 is 0 Å². The number of rotatable bonds is 0. The summed E-state index contributed by atoms with van der Waals surface area (Å²) in [6.07, 6.45) is 4.83. The summed E-state index contributed by atoms with van der Waals surface area (Å²) in [4.78, 5) is 0. The predicted octanol–water partition coefficient (Wildman–Crippen LogP) is 2.03. The average Bonchev–Trinajstić information content (AvgIpc) is 2.23. The molecule has 1 saturated carbocycles. The maximum Gasteiger partial charge on any atom is 0.0370 e. The molecular formula is C7H14Si. The van der Waals surface area contributed by atoms with Crippen LogP contribution in [0.25, 0.3) is 0 Å². The molecule has 0 aromatic carbocycles. The lowest BCUT2D eigenvalue weighted by Gasteiger charge is -2.13. The topological polar surface area (TPSA) is 0 Å². The summed E-state index contributed by atoms with van der Waals surface area (Å²) in [5.41, 5.74) is 1.28. The molecule has 2 unspecified atom stereocenters. The molecule has 1 heterocycles. The molecule has 0 aromatic heterocycles. The fourth-order valence-corrected chi connectivity index (χ4v) is 6.04. The fourth-order valence-electron chi connectivity index (χ4n) is 2.56. The van der Waals surface area contributed by atoms with E-state index in [1.54, 1.807) is 25.3 Å². The summed E-state index contributed by atoms with van der Waals surface area (Å²) >= 11 is 0. The molecule has 0 N–H and O–H groups in total. The smallest absolute Gasteiger partial charge is 0.0370 e. The Morgan fingerprint density at radius 3 is 2.50 bits per heavy atom. The Morgan fingerprint density at radius 1 is 1.38 bits per heavy atom. The minimum absolute atomic E-state index is 0.115. The van der Waals surface area contributed by atoms with Crippen LogP contribution < -0.4 is 0 Å². The van der Waals surface area contributed by atoms with E-state index in [0.29, 0.717) is 0 Å². The molecule has 2 aliphatic rings. The van der Waals surface area contributed by atoms with Crippen LogP contribution in [0.1, 0.15) is 19.3 Å². The van der Waals surface area contributed by atoms with Gasteiger partial charge in [-0.15, -0.1) is 0 Å². The van der Waals surface area contributed by atoms with E-state index in [0.717, 1.165) is 0 Å². The van der Waals surface area contributed by atoms with Gasteiger partial charge in [0.1, 0.15) is 0 Å². The van der Waals surface area contributed by atoms with E-state index in [4.69, 9.17) is 0 Å². The highest BCUT2D eigenvalue weighted by Gasteiger charge is 2.37. The van der Waals surface area contributed by atoms with E-state index in [9.17, 15) is 0 Å². The van der Waals surface area contributed by atoms with E-state index in [2.05, 4.69) is 6.55 Å². The van der Waals surface area contributed by atoms with Crippen LogP contribution in [0, 0.1) is 5.92 Å². The number of fused-ring (bicyclic) bond motifs is 2. The van der Waals surface area contributed by atoms with Gasteiger partial charge in [0.2, 0.25) is 0 Å². The first-order valence-corrected chi connectivity index (χ1v) is 6.50. The molecule has 0 nitrogen and oxygen atoms in total. The second-order valence-electron chi connectivity index (χ2n) is 3.65. The summed E-state index contributed by atoms with van der Waals surface area (Å²) in [6, 6.07) is 1.69. The summed E-state index contributed by atoms with van der Waals surface area (Å²) in [5, 5.41) is 0. The Balaban J connectivity index is 2.11. The highest BCUT2D eigenvalue weighted by Crippen LogP contribution is 2.48. The third-order valence-corrected chi connectivity index (χ3v) is 6.72. The molecule has 0 radical (unpaired) electrons. The maximum atomic E-state index is 2.56. The van der Waals surface area contributed by atoms with Crippen molar-refractivity contribution in [3.8, 4) is 0 Å². The van der Waals surface area contributed by atoms with Crippen molar-refractivity contribution in [2.24, 2.45) is 5.92 Å². The van der Waals surface area contributed by atoms with E-state index in [1.165, 1.54) is 11.5 Å². The lowest BCUT2D eigenvalue weighted by molar-refractivity contribution is 0.622. The molecule has 1 saturated heterocycles. The Kier molecular flexibility index (Phi) is 1.01. The van der Waals surface area contributed by atoms with Crippen molar-refractivity contribution in [1.29, 1.82) is 0 Å². The Hall–Kier alpha value is 0.217. The van der Waals surface area contributed by atoms with Crippen molar-refractivity contribution in [3.05, 3.63) is 0 Å². The summed E-state index contributed by atoms with van der Waals surface area (Å²) in [5.74, 6) is 1.21. The maximum absolute atomic E-state index is 2.56. The monoisotopic (exact) mass is 126 g/mol. The van der Waals surface area contributed by atoms with Crippen LogP contribution in [0.2, 0.25) is 18.1 Å². The molecule has 3 atom stereocenters. The molecule has 1 aliphatic carbocycles. The van der Waals surface area contributed by atoms with Crippen molar-refractivity contribution >= 4 is 8.80 Å². The summed E-state index contributed by atoms with van der Waals surface area (Å²) < 4.78 is 0. The van der Waals surface area contributed by atoms with Gasteiger partial charge < -0.3 is 0 Å². The minimum Gasteiger partial charge on any atom is -0.0718 e. The van der Waals surface area contributed by atoms with Gasteiger partial charge in [-0.25, -0.2) is 0 Å². The highest BCUT2D eigenvalue weighted by atomic mass is 28.3. The van der Waals surface area contributed by atoms with Crippen molar-refractivity contribution in [1.82, 2.24) is 0 Å². The Bertz CT molecular complexity index is 98.6. The van der Waals surface area contributed by atoms with Gasteiger partial charge in [-0.2, -0.15) is 0 Å². The molecule has 1 heteroatoms. The van der Waals surface area contributed by atoms with Crippen molar-refractivity contribution in [2.45, 2.75) is 37.4 Å². The van der Waals surface area contributed by atoms with Crippen LogP contribution in [-0.2, 0) is 0 Å². The largest absolute Gasteiger partial charge is 0.0718 e. The first-order valence-electron chi connectivity index (χ1n) is 3.86. The Labute approximate surface area is 52.9 Å².